The second kappa shape index (κ2) is 4.41. The summed E-state index contributed by atoms with van der Waals surface area (Å²) < 4.78 is 36.7. The first-order chi connectivity index (χ1) is 6.54. The number of hydrogen-bond acceptors (Lipinski definition) is 2. The molecule has 1 heterocycles. The molecule has 0 saturated heterocycles. The molecule has 14 heavy (non-hydrogen) atoms. The summed E-state index contributed by atoms with van der Waals surface area (Å²) in [5, 5.41) is 0. The molecule has 1 aromatic rings. The van der Waals surface area contributed by atoms with Crippen LogP contribution in [0.1, 0.15) is 17.7 Å². The van der Waals surface area contributed by atoms with Crippen molar-refractivity contribution in [3.8, 4) is 0 Å². The molecule has 0 radical (unpaired) electrons. The molecule has 0 unspecified atom stereocenters. The maximum absolute atomic E-state index is 12.2. The van der Waals surface area contributed by atoms with Gasteiger partial charge in [0, 0.05) is 11.9 Å². The van der Waals surface area contributed by atoms with Crippen LogP contribution >= 0.6 is 0 Å². The van der Waals surface area contributed by atoms with Gasteiger partial charge in [-0.05, 0) is 31.5 Å². The van der Waals surface area contributed by atoms with Crippen molar-refractivity contribution in [2.75, 3.05) is 6.54 Å². The Balaban J connectivity index is 2.79. The molecule has 0 atom stereocenters. The average molecular weight is 204 g/mol. The topological polar surface area (TPSA) is 38.9 Å². The Kier molecular flexibility index (Phi) is 3.46. The second-order valence-corrected chi connectivity index (χ2v) is 2.93. The molecule has 0 spiro atoms. The van der Waals surface area contributed by atoms with E-state index in [0.29, 0.717) is 25.1 Å². The number of aryl methyl sites for hydroxylation is 1. The Morgan fingerprint density at radius 3 is 2.64 bits per heavy atom. The number of hydrogen-bond donors (Lipinski definition) is 1. The van der Waals surface area contributed by atoms with Crippen molar-refractivity contribution < 1.29 is 13.2 Å². The Hall–Kier alpha value is -1.10. The fourth-order valence-electron chi connectivity index (χ4n) is 1.07. The van der Waals surface area contributed by atoms with Crippen LogP contribution in [0, 0.1) is 0 Å². The van der Waals surface area contributed by atoms with Gasteiger partial charge in [-0.2, -0.15) is 13.2 Å². The van der Waals surface area contributed by atoms with Crippen molar-refractivity contribution in [1.82, 2.24) is 4.98 Å². The van der Waals surface area contributed by atoms with E-state index in [2.05, 4.69) is 4.98 Å². The van der Waals surface area contributed by atoms with E-state index in [-0.39, 0.29) is 0 Å². The SMILES string of the molecule is NCCCc1cc(C(F)(F)F)ccn1. The predicted molar refractivity (Wildman–Crippen MR) is 46.6 cm³/mol. The van der Waals surface area contributed by atoms with Crippen molar-refractivity contribution in [1.29, 1.82) is 0 Å². The number of aromatic nitrogens is 1. The molecule has 0 aliphatic heterocycles. The highest BCUT2D eigenvalue weighted by Gasteiger charge is 2.30. The first-order valence-electron chi connectivity index (χ1n) is 4.26. The van der Waals surface area contributed by atoms with E-state index in [1.54, 1.807) is 0 Å². The number of alkyl halides is 3. The Morgan fingerprint density at radius 1 is 1.36 bits per heavy atom. The molecule has 2 N–H and O–H groups in total. The summed E-state index contributed by atoms with van der Waals surface area (Å²) in [6.45, 7) is 0.456. The van der Waals surface area contributed by atoms with Crippen LogP contribution in [0.15, 0.2) is 18.3 Å². The van der Waals surface area contributed by atoms with E-state index >= 15 is 0 Å². The third-order valence-corrected chi connectivity index (χ3v) is 1.78. The van der Waals surface area contributed by atoms with E-state index in [9.17, 15) is 13.2 Å². The van der Waals surface area contributed by atoms with Gasteiger partial charge in [0.15, 0.2) is 0 Å². The highest BCUT2D eigenvalue weighted by molar-refractivity contribution is 5.19. The zero-order valence-corrected chi connectivity index (χ0v) is 7.51. The number of halogens is 3. The second-order valence-electron chi connectivity index (χ2n) is 2.93. The lowest BCUT2D eigenvalue weighted by molar-refractivity contribution is -0.137. The molecule has 0 aliphatic carbocycles. The number of pyridine rings is 1. The molecule has 1 aromatic heterocycles. The fraction of sp³-hybridized carbons (Fsp3) is 0.444. The van der Waals surface area contributed by atoms with E-state index in [0.717, 1.165) is 12.1 Å². The van der Waals surface area contributed by atoms with Crippen molar-refractivity contribution in [2.24, 2.45) is 5.73 Å². The molecule has 78 valence electrons. The van der Waals surface area contributed by atoms with Crippen molar-refractivity contribution in [3.05, 3.63) is 29.6 Å². The van der Waals surface area contributed by atoms with E-state index < -0.39 is 11.7 Å². The van der Waals surface area contributed by atoms with Crippen LogP contribution in [0.4, 0.5) is 13.2 Å². The molecule has 2 nitrogen and oxygen atoms in total. The summed E-state index contributed by atoms with van der Waals surface area (Å²) in [5.74, 6) is 0. The van der Waals surface area contributed by atoms with Gasteiger partial charge in [-0.1, -0.05) is 0 Å². The average Bonchev–Trinajstić information content (AvgIpc) is 2.14. The normalized spacial score (nSPS) is 11.7. The Labute approximate surface area is 79.9 Å². The quantitative estimate of drug-likeness (QED) is 0.817. The van der Waals surface area contributed by atoms with Crippen molar-refractivity contribution in [3.63, 3.8) is 0 Å². The maximum atomic E-state index is 12.2. The van der Waals surface area contributed by atoms with E-state index in [1.807, 2.05) is 0 Å². The summed E-state index contributed by atoms with van der Waals surface area (Å²) in [6, 6.07) is 2.03. The van der Waals surface area contributed by atoms with Crippen LogP contribution in [-0.2, 0) is 12.6 Å². The Bertz CT molecular complexity index is 296. The zero-order chi connectivity index (χ0) is 10.6. The summed E-state index contributed by atoms with van der Waals surface area (Å²) in [6.07, 6.45) is -1.98. The molecule has 0 aliphatic rings. The molecular weight excluding hydrogens is 193 g/mol. The van der Waals surface area contributed by atoms with E-state index in [4.69, 9.17) is 5.73 Å². The monoisotopic (exact) mass is 204 g/mol. The predicted octanol–water partition coefficient (Wildman–Crippen LogP) is 1.99. The van der Waals surface area contributed by atoms with Crippen molar-refractivity contribution >= 4 is 0 Å². The third-order valence-electron chi connectivity index (χ3n) is 1.78. The van der Waals surface area contributed by atoms with Crippen LogP contribution in [0.3, 0.4) is 0 Å². The lowest BCUT2D eigenvalue weighted by Crippen LogP contribution is -2.07. The lowest BCUT2D eigenvalue weighted by Gasteiger charge is -2.07. The minimum absolute atomic E-state index is 0.435. The molecule has 1 rings (SSSR count). The number of nitrogens with two attached hydrogens (primary N) is 1. The highest BCUT2D eigenvalue weighted by Crippen LogP contribution is 2.29. The van der Waals surface area contributed by atoms with Gasteiger partial charge in [-0.25, -0.2) is 0 Å². The van der Waals surface area contributed by atoms with Gasteiger partial charge in [0.05, 0.1) is 5.56 Å². The van der Waals surface area contributed by atoms with E-state index in [1.165, 1.54) is 6.20 Å². The minimum atomic E-state index is -4.29. The van der Waals surface area contributed by atoms with Crippen molar-refractivity contribution in [2.45, 2.75) is 19.0 Å². The largest absolute Gasteiger partial charge is 0.416 e. The Morgan fingerprint density at radius 2 is 2.07 bits per heavy atom. The highest BCUT2D eigenvalue weighted by atomic mass is 19.4. The van der Waals surface area contributed by atoms with Gasteiger partial charge >= 0.3 is 6.18 Å². The summed E-state index contributed by atoms with van der Waals surface area (Å²) in [4.78, 5) is 3.83. The standard InChI is InChI=1S/C9H11F3N2/c10-9(11,12)7-3-5-14-8(6-7)2-1-4-13/h3,5-6H,1-2,4,13H2. The molecule has 0 bridgehead atoms. The number of rotatable bonds is 3. The van der Waals surface area contributed by atoms with Gasteiger partial charge < -0.3 is 5.73 Å². The molecule has 0 aromatic carbocycles. The molecule has 5 heteroatoms. The van der Waals surface area contributed by atoms with Crippen LogP contribution in [0.25, 0.3) is 0 Å². The van der Waals surface area contributed by atoms with Crippen LogP contribution in [0.2, 0.25) is 0 Å². The fourth-order valence-corrected chi connectivity index (χ4v) is 1.07. The van der Waals surface area contributed by atoms with Crippen LogP contribution < -0.4 is 5.73 Å². The van der Waals surface area contributed by atoms with Crippen LogP contribution in [0.5, 0.6) is 0 Å². The van der Waals surface area contributed by atoms with Gasteiger partial charge in [-0.15, -0.1) is 0 Å². The maximum Gasteiger partial charge on any atom is 0.416 e. The summed E-state index contributed by atoms with van der Waals surface area (Å²) >= 11 is 0. The molecule has 0 amide bonds. The van der Waals surface area contributed by atoms with Gasteiger partial charge in [0.2, 0.25) is 0 Å². The lowest BCUT2D eigenvalue weighted by atomic mass is 10.1. The molecule has 0 saturated carbocycles. The smallest absolute Gasteiger partial charge is 0.330 e. The number of nitrogens with zero attached hydrogens (tertiary/aromatic N) is 1. The van der Waals surface area contributed by atoms with Gasteiger partial charge in [0.25, 0.3) is 0 Å². The molecular formula is C9H11F3N2. The third kappa shape index (κ3) is 2.99. The van der Waals surface area contributed by atoms with Gasteiger partial charge in [-0.3, -0.25) is 4.98 Å². The first kappa shape index (κ1) is 11.0. The van der Waals surface area contributed by atoms with Crippen LogP contribution in [-0.4, -0.2) is 11.5 Å². The van der Waals surface area contributed by atoms with Gasteiger partial charge in [0.1, 0.15) is 0 Å². The molecule has 0 fully saturated rings. The summed E-state index contributed by atoms with van der Waals surface area (Å²) in [5.41, 5.74) is 5.03. The first-order valence-corrected chi connectivity index (χ1v) is 4.26. The summed E-state index contributed by atoms with van der Waals surface area (Å²) in [7, 11) is 0. The minimum Gasteiger partial charge on any atom is -0.330 e. The zero-order valence-electron chi connectivity index (χ0n) is 7.51.